The minimum absolute atomic E-state index is 0.0155. The Kier molecular flexibility index (Phi) is 6.27. The molecule has 0 aromatic carbocycles. The van der Waals surface area contributed by atoms with Crippen molar-refractivity contribution >= 4 is 12.6 Å². The van der Waals surface area contributed by atoms with Crippen molar-refractivity contribution in [1.82, 2.24) is 9.91 Å². The van der Waals surface area contributed by atoms with Crippen LogP contribution in [-0.4, -0.2) is 67.3 Å². The Balaban J connectivity index is 2.26. The molecule has 0 saturated carbocycles. The second-order valence-corrected chi connectivity index (χ2v) is 3.84. The van der Waals surface area contributed by atoms with Gasteiger partial charge in [0.1, 0.15) is 0 Å². The lowest BCUT2D eigenvalue weighted by Gasteiger charge is -2.30. The zero-order chi connectivity index (χ0) is 11.8. The van der Waals surface area contributed by atoms with Crippen LogP contribution < -0.4 is 0 Å². The van der Waals surface area contributed by atoms with E-state index < -0.39 is 0 Å². The van der Waals surface area contributed by atoms with Crippen LogP contribution in [0.4, 0.5) is 0 Å². The molecule has 1 rings (SSSR count). The van der Waals surface area contributed by atoms with Gasteiger partial charge in [0.15, 0.2) is 0 Å². The predicted molar refractivity (Wildman–Crippen MR) is 60.9 cm³/mol. The van der Waals surface area contributed by atoms with Crippen molar-refractivity contribution in [3.63, 3.8) is 0 Å². The highest BCUT2D eigenvalue weighted by atomic mass is 32.1. The molecular weight excluding hydrogens is 232 g/mol. The van der Waals surface area contributed by atoms with Crippen LogP contribution in [0.25, 0.3) is 0 Å². The summed E-state index contributed by atoms with van der Waals surface area (Å²) < 4.78 is 4.61. The predicted octanol–water partition coefficient (Wildman–Crippen LogP) is -0.0532. The number of rotatable bonds is 6. The molecule has 0 radical (unpaired) electrons. The molecule has 1 aliphatic heterocycles. The van der Waals surface area contributed by atoms with Crippen LogP contribution in [0.2, 0.25) is 0 Å². The molecule has 0 N–H and O–H groups in total. The van der Waals surface area contributed by atoms with Gasteiger partial charge in [-0.2, -0.15) is 12.6 Å². The molecule has 0 unspecified atom stereocenters. The molecule has 0 amide bonds. The Bertz CT molecular complexity index is 221. The van der Waals surface area contributed by atoms with E-state index in [1.165, 1.54) is 7.11 Å². The summed E-state index contributed by atoms with van der Waals surface area (Å²) in [5.41, 5.74) is 0. The van der Waals surface area contributed by atoms with Gasteiger partial charge < -0.3 is 14.8 Å². The third-order valence-corrected chi connectivity index (χ3v) is 2.51. The van der Waals surface area contributed by atoms with Crippen molar-refractivity contribution in [2.45, 2.75) is 0 Å². The summed E-state index contributed by atoms with van der Waals surface area (Å²) in [5.74, 6) is 0.836. The Hall–Kier alpha value is -0.730. The summed E-state index contributed by atoms with van der Waals surface area (Å²) in [5, 5.41) is 16.3. The first-order valence-corrected chi connectivity index (χ1v) is 5.78. The van der Waals surface area contributed by atoms with Gasteiger partial charge in [0.2, 0.25) is 12.1 Å². The fourth-order valence-corrected chi connectivity index (χ4v) is 1.73. The van der Waals surface area contributed by atoms with Crippen molar-refractivity contribution in [2.24, 2.45) is 5.28 Å². The molecule has 1 saturated heterocycles. The van der Waals surface area contributed by atoms with Crippen molar-refractivity contribution in [1.29, 1.82) is 0 Å². The molecule has 0 bridgehead atoms. The van der Waals surface area contributed by atoms with E-state index >= 15 is 0 Å². The Morgan fingerprint density at radius 1 is 1.38 bits per heavy atom. The van der Waals surface area contributed by atoms with E-state index in [4.69, 9.17) is 0 Å². The lowest BCUT2D eigenvalue weighted by Crippen LogP contribution is -2.49. The first-order valence-electron chi connectivity index (χ1n) is 5.15. The van der Waals surface area contributed by atoms with E-state index in [1.54, 1.807) is 5.01 Å². The summed E-state index contributed by atoms with van der Waals surface area (Å²) in [6, 6.07) is 0. The standard InChI is InChI=1S/C8H18N4O3S/c1-14-8-15-9-12(13)11-4-2-10(3-5-11)6-7-16/h16H,2-8H2,1H3/b12-9-. The minimum atomic E-state index is -0.0155. The summed E-state index contributed by atoms with van der Waals surface area (Å²) >= 11 is 4.17. The molecular formula is C8H18N4O3S. The number of thiol groups is 1. The third-order valence-electron chi connectivity index (χ3n) is 2.31. The van der Waals surface area contributed by atoms with Crippen LogP contribution in [0.5, 0.6) is 0 Å². The molecule has 7 nitrogen and oxygen atoms in total. The maximum atomic E-state index is 11.4. The number of hydrazine groups is 1. The average Bonchev–Trinajstić information content (AvgIpc) is 2.30. The number of nitrogens with zero attached hydrogens (tertiary/aromatic N) is 4. The molecule has 0 aromatic rings. The highest BCUT2D eigenvalue weighted by Crippen LogP contribution is 2.02. The third kappa shape index (κ3) is 4.42. The lowest BCUT2D eigenvalue weighted by molar-refractivity contribution is -0.713. The summed E-state index contributed by atoms with van der Waals surface area (Å²) in [4.78, 5) is 7.36. The first-order chi connectivity index (χ1) is 7.77. The van der Waals surface area contributed by atoms with E-state index in [-0.39, 0.29) is 6.79 Å². The SMILES string of the molecule is COCO/N=[N+](\[O-])N1CCN(CCS)CC1. The average molecular weight is 250 g/mol. The first kappa shape index (κ1) is 13.3. The van der Waals surface area contributed by atoms with E-state index in [2.05, 4.69) is 32.4 Å². The minimum Gasteiger partial charge on any atom is -0.569 e. The van der Waals surface area contributed by atoms with Crippen LogP contribution in [0, 0.1) is 5.21 Å². The van der Waals surface area contributed by atoms with Gasteiger partial charge in [0, 0.05) is 32.5 Å². The Labute approximate surface area is 101 Å². The number of ether oxygens (including phenoxy) is 1. The number of hydrogen-bond donors (Lipinski definition) is 1. The van der Waals surface area contributed by atoms with Gasteiger partial charge in [0.25, 0.3) is 0 Å². The summed E-state index contributed by atoms with van der Waals surface area (Å²) in [7, 11) is 1.47. The van der Waals surface area contributed by atoms with E-state index in [0.29, 0.717) is 18.1 Å². The topological polar surface area (TPSA) is 63.4 Å². The zero-order valence-corrected chi connectivity index (χ0v) is 10.3. The molecule has 94 valence electrons. The fraction of sp³-hybridized carbons (Fsp3) is 1.00. The van der Waals surface area contributed by atoms with Gasteiger partial charge >= 0.3 is 0 Å². The molecule has 0 aliphatic carbocycles. The molecule has 8 heteroatoms. The van der Waals surface area contributed by atoms with Crippen molar-refractivity contribution < 1.29 is 14.5 Å². The van der Waals surface area contributed by atoms with E-state index in [9.17, 15) is 5.21 Å². The van der Waals surface area contributed by atoms with Gasteiger partial charge in [-0.15, -0.1) is 5.01 Å². The molecule has 0 atom stereocenters. The Morgan fingerprint density at radius 3 is 2.62 bits per heavy atom. The van der Waals surface area contributed by atoms with Crippen LogP contribution in [0.15, 0.2) is 5.28 Å². The molecule has 1 heterocycles. The second kappa shape index (κ2) is 7.53. The van der Waals surface area contributed by atoms with Crippen molar-refractivity contribution in [3.05, 3.63) is 5.21 Å². The maximum Gasteiger partial charge on any atom is 0.235 e. The van der Waals surface area contributed by atoms with Crippen molar-refractivity contribution in [3.8, 4) is 0 Å². The van der Waals surface area contributed by atoms with E-state index in [0.717, 1.165) is 25.4 Å². The van der Waals surface area contributed by atoms with Crippen LogP contribution >= 0.6 is 12.6 Å². The van der Waals surface area contributed by atoms with Crippen molar-refractivity contribution in [2.75, 3.05) is 52.4 Å². The summed E-state index contributed by atoms with van der Waals surface area (Å²) in [6.07, 6.45) is 0. The smallest absolute Gasteiger partial charge is 0.235 e. The van der Waals surface area contributed by atoms with Gasteiger partial charge in [0.05, 0.1) is 18.1 Å². The Morgan fingerprint density at radius 2 is 2.06 bits per heavy atom. The zero-order valence-electron chi connectivity index (χ0n) is 9.41. The van der Waals surface area contributed by atoms with E-state index in [1.807, 2.05) is 0 Å². The summed E-state index contributed by atoms with van der Waals surface area (Å²) in [6.45, 7) is 3.93. The van der Waals surface area contributed by atoms with Crippen LogP contribution in [-0.2, 0) is 9.57 Å². The maximum absolute atomic E-state index is 11.4. The molecule has 1 aliphatic rings. The van der Waals surface area contributed by atoms with Gasteiger partial charge in [-0.3, -0.25) is 4.90 Å². The highest BCUT2D eigenvalue weighted by Gasteiger charge is 2.21. The molecule has 16 heavy (non-hydrogen) atoms. The molecule has 1 fully saturated rings. The van der Waals surface area contributed by atoms with Gasteiger partial charge in [-0.25, -0.2) is 0 Å². The highest BCUT2D eigenvalue weighted by molar-refractivity contribution is 7.80. The van der Waals surface area contributed by atoms with Gasteiger partial charge in [-0.1, -0.05) is 0 Å². The normalized spacial score (nSPS) is 18.9. The fourth-order valence-electron chi connectivity index (χ4n) is 1.45. The number of methoxy groups -OCH3 is 1. The molecule has 0 spiro atoms. The quantitative estimate of drug-likeness (QED) is 0.179. The van der Waals surface area contributed by atoms with Crippen LogP contribution in [0.3, 0.4) is 0 Å². The monoisotopic (exact) mass is 250 g/mol. The largest absolute Gasteiger partial charge is 0.569 e. The lowest BCUT2D eigenvalue weighted by atomic mass is 10.3. The molecule has 0 aromatic heterocycles. The number of piperazine rings is 1. The van der Waals surface area contributed by atoms with Crippen LogP contribution in [0.1, 0.15) is 0 Å². The second-order valence-electron chi connectivity index (χ2n) is 3.39. The number of hydrogen-bond acceptors (Lipinski definition) is 6. The van der Waals surface area contributed by atoms with Gasteiger partial charge in [-0.05, 0) is 0 Å².